The molecule has 3 rings (SSSR count). The van der Waals surface area contributed by atoms with E-state index in [4.69, 9.17) is 4.42 Å². The molecule has 1 amide bonds. The lowest BCUT2D eigenvalue weighted by molar-refractivity contribution is -0.121. The average Bonchev–Trinajstić information content (AvgIpc) is 3.14. The minimum Gasteiger partial charge on any atom is -0.441 e. The van der Waals surface area contributed by atoms with Crippen LogP contribution in [0.25, 0.3) is 11.3 Å². The van der Waals surface area contributed by atoms with Gasteiger partial charge in [0.1, 0.15) is 0 Å². The van der Waals surface area contributed by atoms with Crippen molar-refractivity contribution >= 4 is 5.91 Å². The number of hydrogen-bond donors (Lipinski definition) is 1. The lowest BCUT2D eigenvalue weighted by Crippen LogP contribution is -2.27. The summed E-state index contributed by atoms with van der Waals surface area (Å²) in [5, 5.41) is 2.99. The summed E-state index contributed by atoms with van der Waals surface area (Å²) in [5.41, 5.74) is 3.42. The molecule has 0 aliphatic heterocycles. The third kappa shape index (κ3) is 4.82. The first-order valence-electron chi connectivity index (χ1n) is 8.95. The SMILES string of the molecule is Cc1ccc(-c2cnc(CCC(=O)NCC(C)c3ccccc3)o2)cc1. The van der Waals surface area contributed by atoms with Gasteiger partial charge in [0.15, 0.2) is 11.7 Å². The molecule has 4 nitrogen and oxygen atoms in total. The molecule has 1 N–H and O–H groups in total. The molecule has 0 radical (unpaired) electrons. The smallest absolute Gasteiger partial charge is 0.220 e. The maximum absolute atomic E-state index is 12.1. The van der Waals surface area contributed by atoms with Crippen LogP contribution in [0.5, 0.6) is 0 Å². The minimum atomic E-state index is 0.0165. The fourth-order valence-electron chi connectivity index (χ4n) is 2.75. The number of nitrogens with one attached hydrogen (secondary N) is 1. The highest BCUT2D eigenvalue weighted by molar-refractivity contribution is 5.76. The summed E-state index contributed by atoms with van der Waals surface area (Å²) in [6.45, 7) is 4.79. The van der Waals surface area contributed by atoms with Gasteiger partial charge in [-0.05, 0) is 18.4 Å². The number of amides is 1. The van der Waals surface area contributed by atoms with Gasteiger partial charge in [0.25, 0.3) is 0 Å². The van der Waals surface area contributed by atoms with E-state index in [0.717, 1.165) is 11.3 Å². The van der Waals surface area contributed by atoms with Gasteiger partial charge in [-0.2, -0.15) is 0 Å². The Hall–Kier alpha value is -2.88. The largest absolute Gasteiger partial charge is 0.441 e. The quantitative estimate of drug-likeness (QED) is 0.684. The Morgan fingerprint density at radius 1 is 1.12 bits per heavy atom. The third-order valence-electron chi connectivity index (χ3n) is 4.43. The van der Waals surface area contributed by atoms with Gasteiger partial charge >= 0.3 is 0 Å². The zero-order chi connectivity index (χ0) is 18.4. The Morgan fingerprint density at radius 3 is 2.58 bits per heavy atom. The summed E-state index contributed by atoms with van der Waals surface area (Å²) in [6.07, 6.45) is 2.59. The highest BCUT2D eigenvalue weighted by atomic mass is 16.4. The van der Waals surface area contributed by atoms with Gasteiger partial charge < -0.3 is 9.73 Å². The zero-order valence-corrected chi connectivity index (χ0v) is 15.2. The standard InChI is InChI=1S/C22H24N2O2/c1-16-8-10-19(11-9-16)20-15-24-22(26-20)13-12-21(25)23-14-17(2)18-6-4-3-5-7-18/h3-11,15,17H,12-14H2,1-2H3,(H,23,25). The molecular weight excluding hydrogens is 324 g/mol. The number of carbonyl (C=O) groups excluding carboxylic acids is 1. The van der Waals surface area contributed by atoms with E-state index in [-0.39, 0.29) is 11.8 Å². The Labute approximate surface area is 154 Å². The molecule has 1 aromatic heterocycles. The number of rotatable bonds is 7. The van der Waals surface area contributed by atoms with Gasteiger partial charge in [-0.15, -0.1) is 0 Å². The topological polar surface area (TPSA) is 55.1 Å². The number of nitrogens with zero attached hydrogens (tertiary/aromatic N) is 1. The van der Waals surface area contributed by atoms with Crippen LogP contribution in [0.3, 0.4) is 0 Å². The van der Waals surface area contributed by atoms with E-state index in [1.54, 1.807) is 6.20 Å². The van der Waals surface area contributed by atoms with Crippen LogP contribution >= 0.6 is 0 Å². The van der Waals surface area contributed by atoms with Crippen molar-refractivity contribution in [2.45, 2.75) is 32.6 Å². The van der Waals surface area contributed by atoms with E-state index in [1.165, 1.54) is 11.1 Å². The van der Waals surface area contributed by atoms with Crippen molar-refractivity contribution in [2.75, 3.05) is 6.54 Å². The summed E-state index contributed by atoms with van der Waals surface area (Å²) in [7, 11) is 0. The molecule has 2 aromatic carbocycles. The molecule has 0 aliphatic carbocycles. The molecule has 4 heteroatoms. The van der Waals surface area contributed by atoms with Crippen LogP contribution in [-0.4, -0.2) is 17.4 Å². The molecule has 0 aliphatic rings. The normalized spacial score (nSPS) is 11.9. The first-order chi connectivity index (χ1) is 12.6. The number of aryl methyl sites for hydroxylation is 2. The van der Waals surface area contributed by atoms with Gasteiger partial charge in [-0.25, -0.2) is 4.98 Å². The maximum atomic E-state index is 12.1. The predicted octanol–water partition coefficient (Wildman–Crippen LogP) is 4.50. The Kier molecular flexibility index (Phi) is 5.84. The van der Waals surface area contributed by atoms with Crippen LogP contribution in [0.2, 0.25) is 0 Å². The van der Waals surface area contributed by atoms with E-state index in [1.807, 2.05) is 49.4 Å². The van der Waals surface area contributed by atoms with Gasteiger partial charge in [-0.3, -0.25) is 4.79 Å². The van der Waals surface area contributed by atoms with Crippen LogP contribution in [0, 0.1) is 6.92 Å². The van der Waals surface area contributed by atoms with Crippen LogP contribution < -0.4 is 5.32 Å². The van der Waals surface area contributed by atoms with Gasteiger partial charge in [0.2, 0.25) is 5.91 Å². The summed E-state index contributed by atoms with van der Waals surface area (Å²) in [4.78, 5) is 16.4. The molecule has 0 saturated heterocycles. The molecule has 26 heavy (non-hydrogen) atoms. The maximum Gasteiger partial charge on any atom is 0.220 e. The van der Waals surface area contributed by atoms with Crippen molar-refractivity contribution < 1.29 is 9.21 Å². The van der Waals surface area contributed by atoms with Crippen LogP contribution in [0.15, 0.2) is 65.2 Å². The van der Waals surface area contributed by atoms with Crippen molar-refractivity contribution in [3.63, 3.8) is 0 Å². The average molecular weight is 348 g/mol. The van der Waals surface area contributed by atoms with Crippen molar-refractivity contribution in [1.29, 1.82) is 0 Å². The van der Waals surface area contributed by atoms with E-state index in [0.29, 0.717) is 25.3 Å². The first-order valence-corrected chi connectivity index (χ1v) is 8.95. The van der Waals surface area contributed by atoms with Crippen molar-refractivity contribution in [3.05, 3.63) is 77.8 Å². The van der Waals surface area contributed by atoms with Crippen LogP contribution in [-0.2, 0) is 11.2 Å². The highest BCUT2D eigenvalue weighted by Gasteiger charge is 2.11. The monoisotopic (exact) mass is 348 g/mol. The molecule has 0 fully saturated rings. The molecule has 1 atom stereocenters. The van der Waals surface area contributed by atoms with Crippen LogP contribution in [0.4, 0.5) is 0 Å². The second kappa shape index (κ2) is 8.48. The molecule has 1 heterocycles. The minimum absolute atomic E-state index is 0.0165. The molecular formula is C22H24N2O2. The molecule has 134 valence electrons. The van der Waals surface area contributed by atoms with E-state index in [9.17, 15) is 4.79 Å². The second-order valence-corrected chi connectivity index (χ2v) is 6.60. The van der Waals surface area contributed by atoms with Crippen molar-refractivity contribution in [2.24, 2.45) is 0 Å². The summed E-state index contributed by atoms with van der Waals surface area (Å²) < 4.78 is 5.76. The number of aromatic nitrogens is 1. The number of oxazole rings is 1. The van der Waals surface area contributed by atoms with E-state index >= 15 is 0 Å². The highest BCUT2D eigenvalue weighted by Crippen LogP contribution is 2.21. The summed E-state index contributed by atoms with van der Waals surface area (Å²) in [6, 6.07) is 18.3. The second-order valence-electron chi connectivity index (χ2n) is 6.60. The summed E-state index contributed by atoms with van der Waals surface area (Å²) in [5.74, 6) is 1.63. The number of carbonyl (C=O) groups is 1. The molecule has 0 saturated carbocycles. The van der Waals surface area contributed by atoms with Gasteiger partial charge in [0, 0.05) is 24.9 Å². The fourth-order valence-corrected chi connectivity index (χ4v) is 2.75. The van der Waals surface area contributed by atoms with E-state index in [2.05, 4.69) is 29.4 Å². The number of hydrogen-bond acceptors (Lipinski definition) is 3. The van der Waals surface area contributed by atoms with Gasteiger partial charge in [0.05, 0.1) is 6.20 Å². The van der Waals surface area contributed by atoms with Crippen LogP contribution in [0.1, 0.15) is 36.3 Å². The predicted molar refractivity (Wildman–Crippen MR) is 103 cm³/mol. The van der Waals surface area contributed by atoms with Gasteiger partial charge in [-0.1, -0.05) is 67.1 Å². The molecule has 0 bridgehead atoms. The summed E-state index contributed by atoms with van der Waals surface area (Å²) >= 11 is 0. The lowest BCUT2D eigenvalue weighted by atomic mass is 10.0. The lowest BCUT2D eigenvalue weighted by Gasteiger charge is -2.12. The third-order valence-corrected chi connectivity index (χ3v) is 4.43. The van der Waals surface area contributed by atoms with E-state index < -0.39 is 0 Å². The zero-order valence-electron chi connectivity index (χ0n) is 15.2. The Bertz CT molecular complexity index is 838. The number of benzene rings is 2. The Morgan fingerprint density at radius 2 is 1.85 bits per heavy atom. The molecule has 1 unspecified atom stereocenters. The molecule has 3 aromatic rings. The first kappa shape index (κ1) is 17.9. The Balaban J connectivity index is 1.47. The fraction of sp³-hybridized carbons (Fsp3) is 0.273. The molecule has 0 spiro atoms. The van der Waals surface area contributed by atoms with Crippen molar-refractivity contribution in [1.82, 2.24) is 10.3 Å². The van der Waals surface area contributed by atoms with Crippen molar-refractivity contribution in [3.8, 4) is 11.3 Å².